The first kappa shape index (κ1) is 16.6. The number of likely N-dealkylation sites (N-methyl/N-ethyl adjacent to an activating group) is 1. The van der Waals surface area contributed by atoms with Gasteiger partial charge in [0, 0.05) is 19.0 Å². The minimum Gasteiger partial charge on any atom is -0.353 e. The summed E-state index contributed by atoms with van der Waals surface area (Å²) < 4.78 is 1.54. The van der Waals surface area contributed by atoms with Crippen molar-refractivity contribution in [3.63, 3.8) is 0 Å². The van der Waals surface area contributed by atoms with Crippen molar-refractivity contribution in [2.24, 2.45) is 0 Å². The highest BCUT2D eigenvalue weighted by Gasteiger charge is 2.26. The van der Waals surface area contributed by atoms with Crippen LogP contribution in [0.4, 0.5) is 0 Å². The Hall–Kier alpha value is -2.28. The molecular formula is C17H24N6O. The minimum atomic E-state index is -0.432. The van der Waals surface area contributed by atoms with Crippen molar-refractivity contribution < 1.29 is 4.79 Å². The fraction of sp³-hybridized carbons (Fsp3) is 0.529. The minimum absolute atomic E-state index is 0.0332. The number of hydrogen-bond acceptors (Lipinski definition) is 5. The second-order valence-corrected chi connectivity index (χ2v) is 6.17. The zero-order chi connectivity index (χ0) is 16.8. The highest BCUT2D eigenvalue weighted by Crippen LogP contribution is 2.17. The molecule has 2 aromatic rings. The number of hydrogen-bond donors (Lipinski definition) is 1. The summed E-state index contributed by atoms with van der Waals surface area (Å²) in [6.07, 6.45) is 4.41. The van der Waals surface area contributed by atoms with E-state index in [4.69, 9.17) is 0 Å². The van der Waals surface area contributed by atoms with Crippen molar-refractivity contribution in [2.75, 3.05) is 19.6 Å². The summed E-state index contributed by atoms with van der Waals surface area (Å²) in [5.74, 6) is -0.0332. The van der Waals surface area contributed by atoms with Crippen LogP contribution in [0.15, 0.2) is 36.7 Å². The third kappa shape index (κ3) is 3.97. The monoisotopic (exact) mass is 328 g/mol. The molecule has 0 radical (unpaired) electrons. The van der Waals surface area contributed by atoms with Gasteiger partial charge in [-0.1, -0.05) is 37.3 Å². The molecule has 2 atom stereocenters. The third-order valence-electron chi connectivity index (χ3n) is 4.68. The van der Waals surface area contributed by atoms with E-state index in [9.17, 15) is 4.79 Å². The van der Waals surface area contributed by atoms with Gasteiger partial charge in [-0.05, 0) is 41.9 Å². The first-order valence-corrected chi connectivity index (χ1v) is 8.56. The maximum atomic E-state index is 12.8. The van der Waals surface area contributed by atoms with E-state index >= 15 is 0 Å². The lowest BCUT2D eigenvalue weighted by atomic mass is 10.1. The smallest absolute Gasteiger partial charge is 0.245 e. The summed E-state index contributed by atoms with van der Waals surface area (Å²) >= 11 is 0. The summed E-state index contributed by atoms with van der Waals surface area (Å²) in [6.45, 7) is 5.00. The summed E-state index contributed by atoms with van der Waals surface area (Å²) in [7, 11) is 0. The first-order valence-electron chi connectivity index (χ1n) is 8.56. The van der Waals surface area contributed by atoms with Crippen LogP contribution in [0.1, 0.15) is 31.4 Å². The van der Waals surface area contributed by atoms with Crippen molar-refractivity contribution in [3.05, 3.63) is 42.2 Å². The molecule has 0 aliphatic carbocycles. The lowest BCUT2D eigenvalue weighted by Gasteiger charge is -2.24. The van der Waals surface area contributed by atoms with Crippen molar-refractivity contribution in [1.29, 1.82) is 0 Å². The Kier molecular flexibility index (Phi) is 5.53. The topological polar surface area (TPSA) is 75.9 Å². The number of nitrogens with zero attached hydrogens (tertiary/aromatic N) is 5. The van der Waals surface area contributed by atoms with Gasteiger partial charge in [-0.25, -0.2) is 4.68 Å². The van der Waals surface area contributed by atoms with Gasteiger partial charge in [-0.15, -0.1) is 5.10 Å². The molecule has 128 valence electrons. The number of carbonyl (C=O) groups is 1. The Morgan fingerprint density at radius 2 is 2.21 bits per heavy atom. The van der Waals surface area contributed by atoms with Gasteiger partial charge in [0.25, 0.3) is 0 Å². The predicted molar refractivity (Wildman–Crippen MR) is 90.3 cm³/mol. The van der Waals surface area contributed by atoms with E-state index in [2.05, 4.69) is 32.7 Å². The van der Waals surface area contributed by atoms with Gasteiger partial charge in [0.1, 0.15) is 12.4 Å². The number of carbonyl (C=O) groups excluding carboxylic acids is 1. The van der Waals surface area contributed by atoms with Crippen LogP contribution < -0.4 is 5.32 Å². The SMILES string of the molecule is CCN1CCC[C@H]1CNC(=O)[C@@H](Cc1ccccc1)n1cnnn1. The van der Waals surface area contributed by atoms with Gasteiger partial charge in [0.2, 0.25) is 5.91 Å². The zero-order valence-corrected chi connectivity index (χ0v) is 14.0. The van der Waals surface area contributed by atoms with Crippen LogP contribution in [-0.2, 0) is 11.2 Å². The third-order valence-corrected chi connectivity index (χ3v) is 4.68. The molecule has 0 bridgehead atoms. The summed E-state index contributed by atoms with van der Waals surface area (Å²) in [5, 5.41) is 14.4. The maximum Gasteiger partial charge on any atom is 0.245 e. The van der Waals surface area contributed by atoms with Crippen molar-refractivity contribution >= 4 is 5.91 Å². The van der Waals surface area contributed by atoms with Gasteiger partial charge in [-0.2, -0.15) is 0 Å². The largest absolute Gasteiger partial charge is 0.353 e. The molecular weight excluding hydrogens is 304 g/mol. The van der Waals surface area contributed by atoms with Crippen LogP contribution in [0.5, 0.6) is 0 Å². The molecule has 3 rings (SSSR count). The average Bonchev–Trinajstić information content (AvgIpc) is 3.29. The second kappa shape index (κ2) is 8.01. The summed E-state index contributed by atoms with van der Waals surface area (Å²) in [6, 6.07) is 9.95. The molecule has 1 aromatic heterocycles. The van der Waals surface area contributed by atoms with Crippen LogP contribution in [0.2, 0.25) is 0 Å². The van der Waals surface area contributed by atoms with E-state index in [1.165, 1.54) is 17.4 Å². The lowest BCUT2D eigenvalue weighted by Crippen LogP contribution is -2.43. The Morgan fingerprint density at radius 1 is 1.38 bits per heavy atom. The Morgan fingerprint density at radius 3 is 2.92 bits per heavy atom. The molecule has 7 heteroatoms. The highest BCUT2D eigenvalue weighted by molar-refractivity contribution is 5.80. The summed E-state index contributed by atoms with van der Waals surface area (Å²) in [4.78, 5) is 15.2. The molecule has 1 aliphatic heterocycles. The van der Waals surface area contributed by atoms with Crippen LogP contribution >= 0.6 is 0 Å². The van der Waals surface area contributed by atoms with Crippen LogP contribution in [0.25, 0.3) is 0 Å². The molecule has 7 nitrogen and oxygen atoms in total. The van der Waals surface area contributed by atoms with Gasteiger partial charge in [-0.3, -0.25) is 9.69 Å². The van der Waals surface area contributed by atoms with Crippen LogP contribution in [-0.4, -0.2) is 56.7 Å². The van der Waals surface area contributed by atoms with E-state index in [0.29, 0.717) is 19.0 Å². The fourth-order valence-electron chi connectivity index (χ4n) is 3.33. The molecule has 1 aromatic carbocycles. The maximum absolute atomic E-state index is 12.8. The molecule has 1 fully saturated rings. The zero-order valence-electron chi connectivity index (χ0n) is 14.0. The predicted octanol–water partition coefficient (Wildman–Crippen LogP) is 1.06. The molecule has 1 N–H and O–H groups in total. The molecule has 1 aliphatic rings. The lowest BCUT2D eigenvalue weighted by molar-refractivity contribution is -0.124. The number of benzene rings is 1. The van der Waals surface area contributed by atoms with E-state index in [-0.39, 0.29) is 5.91 Å². The molecule has 0 saturated carbocycles. The number of likely N-dealkylation sites (tertiary alicyclic amines) is 1. The van der Waals surface area contributed by atoms with Crippen LogP contribution in [0, 0.1) is 0 Å². The summed E-state index contributed by atoms with van der Waals surface area (Å²) in [5.41, 5.74) is 1.09. The Bertz CT molecular complexity index is 630. The molecule has 2 heterocycles. The standard InChI is InChI=1S/C17H24N6O/c1-2-22-10-6-9-15(22)12-18-17(24)16(23-13-19-20-21-23)11-14-7-4-3-5-8-14/h3-5,7-8,13,15-16H,2,6,9-12H2,1H3,(H,18,24)/t15-,16+/m0/s1. The number of amides is 1. The van der Waals surface area contributed by atoms with Gasteiger partial charge in [0.15, 0.2) is 0 Å². The number of tetrazole rings is 1. The highest BCUT2D eigenvalue weighted by atomic mass is 16.2. The second-order valence-electron chi connectivity index (χ2n) is 6.17. The van der Waals surface area contributed by atoms with Gasteiger partial charge < -0.3 is 5.32 Å². The first-order chi connectivity index (χ1) is 11.8. The van der Waals surface area contributed by atoms with Crippen LogP contribution in [0.3, 0.4) is 0 Å². The molecule has 1 saturated heterocycles. The van der Waals surface area contributed by atoms with E-state index in [0.717, 1.165) is 25.1 Å². The van der Waals surface area contributed by atoms with E-state index in [1.54, 1.807) is 0 Å². The fourth-order valence-corrected chi connectivity index (χ4v) is 3.33. The normalized spacial score (nSPS) is 19.3. The van der Waals surface area contributed by atoms with Crippen molar-refractivity contribution in [2.45, 2.75) is 38.3 Å². The average molecular weight is 328 g/mol. The van der Waals surface area contributed by atoms with E-state index < -0.39 is 6.04 Å². The van der Waals surface area contributed by atoms with Crippen molar-refractivity contribution in [3.8, 4) is 0 Å². The molecule has 24 heavy (non-hydrogen) atoms. The molecule has 1 amide bonds. The molecule has 0 spiro atoms. The van der Waals surface area contributed by atoms with Gasteiger partial charge >= 0.3 is 0 Å². The number of aromatic nitrogens is 4. The molecule has 0 unspecified atom stereocenters. The van der Waals surface area contributed by atoms with E-state index in [1.807, 2.05) is 30.3 Å². The number of nitrogens with one attached hydrogen (secondary N) is 1. The van der Waals surface area contributed by atoms with Gasteiger partial charge in [0.05, 0.1) is 0 Å². The number of rotatable bonds is 7. The van der Waals surface area contributed by atoms with Crippen molar-refractivity contribution in [1.82, 2.24) is 30.4 Å². The Balaban J connectivity index is 1.65. The quantitative estimate of drug-likeness (QED) is 0.822. The Labute approximate surface area is 142 Å².